The Balaban J connectivity index is 3.75. The highest BCUT2D eigenvalue weighted by atomic mass is 16.1. The first-order valence-corrected chi connectivity index (χ1v) is 4.23. The fraction of sp³-hybridized carbons (Fsp3) is 0.667. The lowest BCUT2D eigenvalue weighted by atomic mass is 10.1. The molecule has 2 atom stereocenters. The van der Waals surface area contributed by atoms with Crippen LogP contribution in [0.2, 0.25) is 0 Å². The molecular weight excluding hydrogens is 152 g/mol. The first kappa shape index (κ1) is 11.2. The summed E-state index contributed by atoms with van der Waals surface area (Å²) in [7, 11) is 0. The summed E-state index contributed by atoms with van der Waals surface area (Å²) < 4.78 is 0. The maximum absolute atomic E-state index is 11.2. The minimum atomic E-state index is -0.0998. The topological polar surface area (TPSA) is 55.1 Å². The lowest BCUT2D eigenvalue weighted by Gasteiger charge is -2.14. The maximum atomic E-state index is 11.2. The molecule has 0 aliphatic rings. The van der Waals surface area contributed by atoms with Crippen molar-refractivity contribution in [1.29, 1.82) is 0 Å². The van der Waals surface area contributed by atoms with Crippen molar-refractivity contribution in [1.82, 2.24) is 5.32 Å². The maximum Gasteiger partial charge on any atom is 0.224 e. The average molecular weight is 170 g/mol. The van der Waals surface area contributed by atoms with Crippen molar-refractivity contribution in [3.05, 3.63) is 12.7 Å². The highest BCUT2D eigenvalue weighted by Crippen LogP contribution is 1.95. The zero-order chi connectivity index (χ0) is 9.56. The number of hydrogen-bond acceptors (Lipinski definition) is 2. The van der Waals surface area contributed by atoms with Gasteiger partial charge in [-0.1, -0.05) is 13.0 Å². The molecule has 0 aromatic rings. The van der Waals surface area contributed by atoms with Gasteiger partial charge in [-0.3, -0.25) is 4.79 Å². The molecule has 0 saturated heterocycles. The van der Waals surface area contributed by atoms with E-state index < -0.39 is 0 Å². The normalized spacial score (nSPS) is 14.9. The van der Waals surface area contributed by atoms with Gasteiger partial charge in [0.25, 0.3) is 0 Å². The zero-order valence-electron chi connectivity index (χ0n) is 7.84. The van der Waals surface area contributed by atoms with Crippen LogP contribution in [0.5, 0.6) is 0 Å². The van der Waals surface area contributed by atoms with Crippen LogP contribution in [0.3, 0.4) is 0 Å². The van der Waals surface area contributed by atoms with Crippen LogP contribution in [0.25, 0.3) is 0 Å². The second-order valence-electron chi connectivity index (χ2n) is 3.07. The third-order valence-corrected chi connectivity index (χ3v) is 1.71. The predicted molar refractivity (Wildman–Crippen MR) is 50.6 cm³/mol. The summed E-state index contributed by atoms with van der Waals surface area (Å²) in [6, 6.07) is 0.156. The molecule has 0 heterocycles. The van der Waals surface area contributed by atoms with Crippen molar-refractivity contribution in [2.75, 3.05) is 6.54 Å². The predicted octanol–water partition coefficient (Wildman–Crippen LogP) is 0.662. The molecule has 0 radical (unpaired) electrons. The molecule has 0 aliphatic carbocycles. The third-order valence-electron chi connectivity index (χ3n) is 1.71. The van der Waals surface area contributed by atoms with E-state index in [4.69, 9.17) is 5.73 Å². The van der Waals surface area contributed by atoms with Crippen LogP contribution in [-0.4, -0.2) is 18.5 Å². The largest absolute Gasteiger partial charge is 0.353 e. The Morgan fingerprint density at radius 2 is 2.25 bits per heavy atom. The van der Waals surface area contributed by atoms with Crippen molar-refractivity contribution in [2.45, 2.75) is 26.3 Å². The molecule has 2 unspecified atom stereocenters. The fourth-order valence-electron chi connectivity index (χ4n) is 0.801. The molecule has 0 aromatic heterocycles. The highest BCUT2D eigenvalue weighted by molar-refractivity contribution is 5.78. The first-order valence-electron chi connectivity index (χ1n) is 4.23. The lowest BCUT2D eigenvalue weighted by molar-refractivity contribution is -0.124. The number of amides is 1. The van der Waals surface area contributed by atoms with Gasteiger partial charge in [-0.05, 0) is 13.3 Å². The molecule has 0 fully saturated rings. The number of rotatable bonds is 5. The molecule has 3 heteroatoms. The number of carbonyl (C=O) groups excluding carboxylic acids is 1. The molecule has 70 valence electrons. The van der Waals surface area contributed by atoms with Gasteiger partial charge in [-0.15, -0.1) is 6.58 Å². The van der Waals surface area contributed by atoms with Crippen LogP contribution >= 0.6 is 0 Å². The number of nitrogens with two attached hydrogens (primary N) is 1. The smallest absolute Gasteiger partial charge is 0.224 e. The van der Waals surface area contributed by atoms with E-state index in [0.717, 1.165) is 6.42 Å². The molecule has 0 saturated carbocycles. The SMILES string of the molecule is C=CCC(C)NC(=O)C(C)CN. The van der Waals surface area contributed by atoms with E-state index in [9.17, 15) is 4.79 Å². The van der Waals surface area contributed by atoms with Gasteiger partial charge >= 0.3 is 0 Å². The molecular formula is C9H18N2O. The summed E-state index contributed by atoms with van der Waals surface area (Å²) >= 11 is 0. The van der Waals surface area contributed by atoms with Gasteiger partial charge in [0.15, 0.2) is 0 Å². The first-order chi connectivity index (χ1) is 5.61. The Kier molecular flexibility index (Phi) is 5.37. The molecule has 0 rings (SSSR count). The Labute approximate surface area is 74.0 Å². The van der Waals surface area contributed by atoms with Gasteiger partial charge in [-0.25, -0.2) is 0 Å². The minimum absolute atomic E-state index is 0.0202. The van der Waals surface area contributed by atoms with E-state index in [2.05, 4.69) is 11.9 Å². The van der Waals surface area contributed by atoms with Crippen LogP contribution in [0, 0.1) is 5.92 Å². The Morgan fingerprint density at radius 3 is 2.67 bits per heavy atom. The third kappa shape index (κ3) is 4.13. The van der Waals surface area contributed by atoms with Gasteiger partial charge in [0, 0.05) is 18.5 Å². The van der Waals surface area contributed by atoms with E-state index in [1.807, 2.05) is 13.8 Å². The number of nitrogens with one attached hydrogen (secondary N) is 1. The molecule has 3 N–H and O–H groups in total. The van der Waals surface area contributed by atoms with Crippen LogP contribution in [0.1, 0.15) is 20.3 Å². The van der Waals surface area contributed by atoms with Gasteiger partial charge < -0.3 is 11.1 Å². The molecule has 3 nitrogen and oxygen atoms in total. The lowest BCUT2D eigenvalue weighted by Crippen LogP contribution is -2.38. The van der Waals surface area contributed by atoms with Gasteiger partial charge in [0.1, 0.15) is 0 Å². The van der Waals surface area contributed by atoms with Gasteiger partial charge in [0.2, 0.25) is 5.91 Å². The van der Waals surface area contributed by atoms with Crippen molar-refractivity contribution < 1.29 is 4.79 Å². The summed E-state index contributed by atoms with van der Waals surface area (Å²) in [6.45, 7) is 7.76. The molecule has 0 aliphatic heterocycles. The van der Waals surface area contributed by atoms with Crippen molar-refractivity contribution >= 4 is 5.91 Å². The van der Waals surface area contributed by atoms with E-state index in [1.165, 1.54) is 0 Å². The minimum Gasteiger partial charge on any atom is -0.353 e. The van der Waals surface area contributed by atoms with Crippen LogP contribution in [0.4, 0.5) is 0 Å². The Morgan fingerprint density at radius 1 is 1.67 bits per heavy atom. The van der Waals surface area contributed by atoms with Crippen LogP contribution in [0.15, 0.2) is 12.7 Å². The van der Waals surface area contributed by atoms with Crippen molar-refractivity contribution in [2.24, 2.45) is 11.7 Å². The monoisotopic (exact) mass is 170 g/mol. The van der Waals surface area contributed by atoms with Gasteiger partial charge in [0.05, 0.1) is 0 Å². The number of carbonyl (C=O) groups is 1. The summed E-state index contributed by atoms with van der Waals surface area (Å²) in [5, 5.41) is 2.84. The van der Waals surface area contributed by atoms with Gasteiger partial charge in [-0.2, -0.15) is 0 Å². The van der Waals surface area contributed by atoms with E-state index in [1.54, 1.807) is 6.08 Å². The van der Waals surface area contributed by atoms with Crippen LogP contribution in [-0.2, 0) is 4.79 Å². The van der Waals surface area contributed by atoms with E-state index in [0.29, 0.717) is 6.54 Å². The van der Waals surface area contributed by atoms with Crippen molar-refractivity contribution in [3.8, 4) is 0 Å². The molecule has 0 bridgehead atoms. The highest BCUT2D eigenvalue weighted by Gasteiger charge is 2.12. The van der Waals surface area contributed by atoms with E-state index >= 15 is 0 Å². The quantitative estimate of drug-likeness (QED) is 0.596. The Bertz CT molecular complexity index is 157. The summed E-state index contributed by atoms with van der Waals surface area (Å²) in [6.07, 6.45) is 2.58. The van der Waals surface area contributed by atoms with Crippen molar-refractivity contribution in [3.63, 3.8) is 0 Å². The number of hydrogen-bond donors (Lipinski definition) is 2. The molecule has 0 aromatic carbocycles. The summed E-state index contributed by atoms with van der Waals surface area (Å²) in [4.78, 5) is 11.2. The van der Waals surface area contributed by atoms with Crippen LogP contribution < -0.4 is 11.1 Å². The Hall–Kier alpha value is -0.830. The molecule has 1 amide bonds. The zero-order valence-corrected chi connectivity index (χ0v) is 7.84. The second-order valence-corrected chi connectivity index (χ2v) is 3.07. The molecule has 12 heavy (non-hydrogen) atoms. The second kappa shape index (κ2) is 5.77. The standard InChI is InChI=1S/C9H18N2O/c1-4-5-8(3)11-9(12)7(2)6-10/h4,7-8H,1,5-6,10H2,2-3H3,(H,11,12). The molecule has 0 spiro atoms. The average Bonchev–Trinajstić information content (AvgIpc) is 2.03. The summed E-state index contributed by atoms with van der Waals surface area (Å²) in [5.41, 5.74) is 5.34. The van der Waals surface area contributed by atoms with E-state index in [-0.39, 0.29) is 17.9 Å². The summed E-state index contributed by atoms with van der Waals surface area (Å²) in [5.74, 6) is -0.0795. The fourth-order valence-corrected chi connectivity index (χ4v) is 0.801.